The van der Waals surface area contributed by atoms with Crippen LogP contribution < -0.4 is 10.1 Å². The molecular weight excluding hydrogens is 318 g/mol. The van der Waals surface area contributed by atoms with Crippen LogP contribution in [-0.2, 0) is 13.6 Å². The standard InChI is InChI=1S/C15H20BrN3O/c1-10(2)15-11(9-19(3)18-15)8-17-13-7-12(16)5-6-14(13)20-4/h5-7,9-10,17H,8H2,1-4H3. The number of halogens is 1. The van der Waals surface area contributed by atoms with Crippen molar-refractivity contribution < 1.29 is 4.74 Å². The van der Waals surface area contributed by atoms with E-state index >= 15 is 0 Å². The molecule has 4 nitrogen and oxygen atoms in total. The van der Waals surface area contributed by atoms with E-state index in [1.165, 1.54) is 5.56 Å². The minimum absolute atomic E-state index is 0.414. The van der Waals surface area contributed by atoms with Gasteiger partial charge in [-0.25, -0.2) is 0 Å². The van der Waals surface area contributed by atoms with Crippen molar-refractivity contribution in [2.45, 2.75) is 26.3 Å². The van der Waals surface area contributed by atoms with Crippen LogP contribution in [0.2, 0.25) is 0 Å². The Morgan fingerprint density at radius 1 is 1.40 bits per heavy atom. The van der Waals surface area contributed by atoms with Crippen LogP contribution in [0.1, 0.15) is 31.0 Å². The molecule has 20 heavy (non-hydrogen) atoms. The third-order valence-corrected chi connectivity index (χ3v) is 3.61. The van der Waals surface area contributed by atoms with Crippen LogP contribution in [0, 0.1) is 0 Å². The molecular formula is C15H20BrN3O. The number of rotatable bonds is 5. The van der Waals surface area contributed by atoms with Crippen molar-refractivity contribution >= 4 is 21.6 Å². The molecule has 0 spiro atoms. The summed E-state index contributed by atoms with van der Waals surface area (Å²) in [7, 11) is 3.63. The van der Waals surface area contributed by atoms with E-state index in [1.807, 2.05) is 29.9 Å². The van der Waals surface area contributed by atoms with Gasteiger partial charge in [0.1, 0.15) is 5.75 Å². The highest BCUT2D eigenvalue weighted by Gasteiger charge is 2.12. The summed E-state index contributed by atoms with van der Waals surface area (Å²) in [5.41, 5.74) is 3.32. The van der Waals surface area contributed by atoms with E-state index in [0.717, 1.165) is 28.1 Å². The molecule has 1 heterocycles. The first-order valence-corrected chi connectivity index (χ1v) is 7.40. The lowest BCUT2D eigenvalue weighted by Crippen LogP contribution is -2.04. The van der Waals surface area contributed by atoms with Gasteiger partial charge in [-0.2, -0.15) is 5.10 Å². The summed E-state index contributed by atoms with van der Waals surface area (Å²) in [5, 5.41) is 7.94. The first-order valence-electron chi connectivity index (χ1n) is 6.61. The highest BCUT2D eigenvalue weighted by atomic mass is 79.9. The molecule has 0 bridgehead atoms. The minimum Gasteiger partial charge on any atom is -0.495 e. The van der Waals surface area contributed by atoms with Gasteiger partial charge in [0.15, 0.2) is 0 Å². The lowest BCUT2D eigenvalue weighted by Gasteiger charge is -2.12. The number of methoxy groups -OCH3 is 1. The van der Waals surface area contributed by atoms with Crippen LogP contribution >= 0.6 is 15.9 Å². The molecule has 1 N–H and O–H groups in total. The van der Waals surface area contributed by atoms with Gasteiger partial charge in [0.25, 0.3) is 0 Å². The molecule has 5 heteroatoms. The summed E-state index contributed by atoms with van der Waals surface area (Å²) >= 11 is 3.48. The molecule has 0 aliphatic carbocycles. The van der Waals surface area contributed by atoms with Gasteiger partial charge in [-0.1, -0.05) is 29.8 Å². The smallest absolute Gasteiger partial charge is 0.142 e. The Balaban J connectivity index is 2.18. The van der Waals surface area contributed by atoms with Crippen LogP contribution in [0.5, 0.6) is 5.75 Å². The second-order valence-corrected chi connectivity index (χ2v) is 5.98. The van der Waals surface area contributed by atoms with E-state index < -0.39 is 0 Å². The zero-order valence-electron chi connectivity index (χ0n) is 12.3. The van der Waals surface area contributed by atoms with Crippen LogP contribution in [-0.4, -0.2) is 16.9 Å². The van der Waals surface area contributed by atoms with Crippen molar-refractivity contribution in [2.24, 2.45) is 7.05 Å². The number of nitrogens with one attached hydrogen (secondary N) is 1. The fraction of sp³-hybridized carbons (Fsp3) is 0.400. The molecule has 0 fully saturated rings. The maximum atomic E-state index is 5.37. The number of ether oxygens (including phenoxy) is 1. The molecule has 0 saturated heterocycles. The molecule has 0 unspecified atom stereocenters. The third-order valence-electron chi connectivity index (χ3n) is 3.11. The fourth-order valence-corrected chi connectivity index (χ4v) is 2.55. The Morgan fingerprint density at radius 3 is 2.80 bits per heavy atom. The van der Waals surface area contributed by atoms with Gasteiger partial charge in [0.05, 0.1) is 18.5 Å². The molecule has 0 saturated carbocycles. The molecule has 108 valence electrons. The van der Waals surface area contributed by atoms with Crippen molar-refractivity contribution in [1.82, 2.24) is 9.78 Å². The van der Waals surface area contributed by atoms with Gasteiger partial charge < -0.3 is 10.1 Å². The lowest BCUT2D eigenvalue weighted by atomic mass is 10.1. The highest BCUT2D eigenvalue weighted by molar-refractivity contribution is 9.10. The normalized spacial score (nSPS) is 10.9. The number of aromatic nitrogens is 2. The Bertz CT molecular complexity index is 593. The molecule has 1 aromatic carbocycles. The van der Waals surface area contributed by atoms with E-state index in [2.05, 4.69) is 46.4 Å². The summed E-state index contributed by atoms with van der Waals surface area (Å²) in [4.78, 5) is 0. The van der Waals surface area contributed by atoms with E-state index in [9.17, 15) is 0 Å². The van der Waals surface area contributed by atoms with E-state index in [0.29, 0.717) is 5.92 Å². The summed E-state index contributed by atoms with van der Waals surface area (Å²) in [6, 6.07) is 5.93. The zero-order valence-corrected chi connectivity index (χ0v) is 13.9. The van der Waals surface area contributed by atoms with Crippen LogP contribution in [0.3, 0.4) is 0 Å². The minimum atomic E-state index is 0.414. The Morgan fingerprint density at radius 2 is 2.15 bits per heavy atom. The molecule has 1 aromatic heterocycles. The first-order chi connectivity index (χ1) is 9.51. The van der Waals surface area contributed by atoms with Crippen LogP contribution in [0.25, 0.3) is 0 Å². The molecule has 0 aliphatic rings. The van der Waals surface area contributed by atoms with E-state index in [4.69, 9.17) is 4.74 Å². The molecule has 0 radical (unpaired) electrons. The zero-order chi connectivity index (χ0) is 14.7. The van der Waals surface area contributed by atoms with Crippen LogP contribution in [0.4, 0.5) is 5.69 Å². The van der Waals surface area contributed by atoms with Crippen LogP contribution in [0.15, 0.2) is 28.9 Å². The Labute approximate surface area is 128 Å². The van der Waals surface area contributed by atoms with Crippen molar-refractivity contribution in [2.75, 3.05) is 12.4 Å². The maximum Gasteiger partial charge on any atom is 0.142 e. The predicted octanol–water partition coefficient (Wildman–Crippen LogP) is 3.93. The summed E-state index contributed by atoms with van der Waals surface area (Å²) in [6.45, 7) is 5.05. The number of nitrogens with zero attached hydrogens (tertiary/aromatic N) is 2. The number of hydrogen-bond acceptors (Lipinski definition) is 3. The fourth-order valence-electron chi connectivity index (χ4n) is 2.19. The predicted molar refractivity (Wildman–Crippen MR) is 85.3 cm³/mol. The first kappa shape index (κ1) is 14.9. The lowest BCUT2D eigenvalue weighted by molar-refractivity contribution is 0.416. The molecule has 0 amide bonds. The van der Waals surface area contributed by atoms with Crippen molar-refractivity contribution in [3.8, 4) is 5.75 Å². The Hall–Kier alpha value is -1.49. The average molecular weight is 338 g/mol. The molecule has 0 aliphatic heterocycles. The molecule has 0 atom stereocenters. The number of anilines is 1. The summed E-state index contributed by atoms with van der Waals surface area (Å²) in [6.07, 6.45) is 2.06. The number of aryl methyl sites for hydroxylation is 1. The summed E-state index contributed by atoms with van der Waals surface area (Å²) in [5.74, 6) is 1.25. The van der Waals surface area contributed by atoms with Gasteiger partial charge in [-0.3, -0.25) is 4.68 Å². The van der Waals surface area contributed by atoms with E-state index in [1.54, 1.807) is 7.11 Å². The third kappa shape index (κ3) is 3.33. The van der Waals surface area contributed by atoms with Crippen molar-refractivity contribution in [3.63, 3.8) is 0 Å². The Kier molecular flexibility index (Phi) is 4.70. The van der Waals surface area contributed by atoms with Gasteiger partial charge in [0, 0.05) is 29.8 Å². The van der Waals surface area contributed by atoms with Gasteiger partial charge in [-0.15, -0.1) is 0 Å². The second-order valence-electron chi connectivity index (χ2n) is 5.07. The monoisotopic (exact) mass is 337 g/mol. The van der Waals surface area contributed by atoms with Gasteiger partial charge in [-0.05, 0) is 24.1 Å². The molecule has 2 rings (SSSR count). The number of hydrogen-bond donors (Lipinski definition) is 1. The second kappa shape index (κ2) is 6.31. The summed E-state index contributed by atoms with van der Waals surface area (Å²) < 4.78 is 8.26. The van der Waals surface area contributed by atoms with Gasteiger partial charge >= 0.3 is 0 Å². The topological polar surface area (TPSA) is 39.1 Å². The molecule has 2 aromatic rings. The SMILES string of the molecule is COc1ccc(Br)cc1NCc1cn(C)nc1C(C)C. The quantitative estimate of drug-likeness (QED) is 0.898. The van der Waals surface area contributed by atoms with Crippen molar-refractivity contribution in [3.05, 3.63) is 40.1 Å². The van der Waals surface area contributed by atoms with Gasteiger partial charge in [0.2, 0.25) is 0 Å². The van der Waals surface area contributed by atoms with Crippen molar-refractivity contribution in [1.29, 1.82) is 0 Å². The number of benzene rings is 1. The van der Waals surface area contributed by atoms with E-state index in [-0.39, 0.29) is 0 Å². The highest BCUT2D eigenvalue weighted by Crippen LogP contribution is 2.29. The maximum absolute atomic E-state index is 5.37. The largest absolute Gasteiger partial charge is 0.495 e. The average Bonchev–Trinajstić information content (AvgIpc) is 2.78.